The third-order valence-corrected chi connectivity index (χ3v) is 5.85. The van der Waals surface area contributed by atoms with Gasteiger partial charge in [-0.25, -0.2) is 4.98 Å². The van der Waals surface area contributed by atoms with E-state index in [-0.39, 0.29) is 17.2 Å². The lowest BCUT2D eigenvalue weighted by atomic mass is 9.84. The van der Waals surface area contributed by atoms with E-state index in [0.29, 0.717) is 40.5 Å². The summed E-state index contributed by atoms with van der Waals surface area (Å²) in [6.07, 6.45) is 3.22. The molecule has 0 bridgehead atoms. The minimum absolute atomic E-state index is 0.194. The van der Waals surface area contributed by atoms with Crippen molar-refractivity contribution in [3.8, 4) is 11.5 Å². The number of benzene rings is 2. The number of nitrogens with zero attached hydrogens (tertiary/aromatic N) is 1. The molecule has 2 aromatic carbocycles. The number of pyridine rings is 1. The van der Waals surface area contributed by atoms with E-state index in [1.54, 1.807) is 43.9 Å². The van der Waals surface area contributed by atoms with Crippen LogP contribution in [-0.4, -0.2) is 42.5 Å². The third kappa shape index (κ3) is 5.24. The molecule has 0 unspecified atom stereocenters. The predicted octanol–water partition coefficient (Wildman–Crippen LogP) is 3.35. The molecule has 4 aromatic rings. The molecular weight excluding hydrogens is 446 g/mol. The summed E-state index contributed by atoms with van der Waals surface area (Å²) in [5, 5.41) is 5.88. The minimum atomic E-state index is -0.334. The number of H-pyrrole nitrogens is 2. The van der Waals surface area contributed by atoms with Gasteiger partial charge >= 0.3 is 0 Å². The molecule has 2 heterocycles. The van der Waals surface area contributed by atoms with Crippen molar-refractivity contribution >= 4 is 28.7 Å². The number of imidazole rings is 1. The molecule has 0 aliphatic carbocycles. The number of hydrogen-bond donors (Lipinski definition) is 3. The number of nitrogens with one attached hydrogen (secondary N) is 4. The maximum absolute atomic E-state index is 12.7. The van der Waals surface area contributed by atoms with Gasteiger partial charge in [0, 0.05) is 23.2 Å². The first-order valence-electron chi connectivity index (χ1n) is 11.1. The second-order valence-corrected chi connectivity index (χ2v) is 8.72. The molecule has 2 aromatic heterocycles. The normalized spacial score (nSPS) is 11.2. The lowest BCUT2D eigenvalue weighted by Crippen LogP contribution is -2.36. The molecule has 0 radical (unpaired) electrons. The maximum atomic E-state index is 12.7. The number of aromatic amines is 2. The topological polar surface area (TPSA) is 119 Å². The van der Waals surface area contributed by atoms with Crippen LogP contribution >= 0.6 is 0 Å². The van der Waals surface area contributed by atoms with Crippen LogP contribution in [0.5, 0.6) is 11.5 Å². The Kier molecular flexibility index (Phi) is 6.68. The molecule has 4 rings (SSSR count). The van der Waals surface area contributed by atoms with E-state index in [0.717, 1.165) is 11.1 Å². The first-order valence-corrected chi connectivity index (χ1v) is 11.1. The van der Waals surface area contributed by atoms with Gasteiger partial charge in [0.15, 0.2) is 23.3 Å². The molecule has 9 nitrogen and oxygen atoms in total. The van der Waals surface area contributed by atoms with Gasteiger partial charge < -0.3 is 20.1 Å². The van der Waals surface area contributed by atoms with E-state index in [1.807, 2.05) is 38.1 Å². The third-order valence-electron chi connectivity index (χ3n) is 5.85. The number of carbonyl (C=O) groups excluding carboxylic acids is 2. The van der Waals surface area contributed by atoms with Crippen LogP contribution in [0.2, 0.25) is 0 Å². The van der Waals surface area contributed by atoms with Gasteiger partial charge in [0.05, 0.1) is 19.8 Å². The SMILES string of the molecule is COc1ccc(C(=O)Nc2ccc(C(C)(C)CNC(=O)c3cnc4[nH+]c[nH]c4c3)cc2)cc1OC. The second-order valence-electron chi connectivity index (χ2n) is 8.72. The van der Waals surface area contributed by atoms with Crippen LogP contribution in [0.4, 0.5) is 5.69 Å². The highest BCUT2D eigenvalue weighted by molar-refractivity contribution is 6.04. The summed E-state index contributed by atoms with van der Waals surface area (Å²) in [5.74, 6) is 0.597. The number of carbonyl (C=O) groups is 2. The Balaban J connectivity index is 1.38. The van der Waals surface area contributed by atoms with Gasteiger partial charge in [0.25, 0.3) is 17.5 Å². The van der Waals surface area contributed by atoms with Crippen LogP contribution < -0.4 is 25.1 Å². The monoisotopic (exact) mass is 474 g/mol. The number of hydrogen-bond acceptors (Lipinski definition) is 5. The smallest absolute Gasteiger partial charge is 0.299 e. The highest BCUT2D eigenvalue weighted by Gasteiger charge is 2.23. The highest BCUT2D eigenvalue weighted by Crippen LogP contribution is 2.28. The molecule has 0 spiro atoms. The summed E-state index contributed by atoms with van der Waals surface area (Å²) in [6.45, 7) is 4.52. The van der Waals surface area contributed by atoms with Gasteiger partial charge in [0.1, 0.15) is 6.20 Å². The van der Waals surface area contributed by atoms with E-state index >= 15 is 0 Å². The molecular formula is C26H28N5O4+. The van der Waals surface area contributed by atoms with E-state index < -0.39 is 0 Å². The number of aromatic nitrogens is 3. The van der Waals surface area contributed by atoms with Crippen molar-refractivity contribution in [2.45, 2.75) is 19.3 Å². The molecule has 4 N–H and O–H groups in total. The maximum Gasteiger partial charge on any atom is 0.299 e. The number of rotatable bonds is 8. The Bertz CT molecular complexity index is 1360. The quantitative estimate of drug-likeness (QED) is 0.362. The zero-order valence-corrected chi connectivity index (χ0v) is 20.1. The summed E-state index contributed by atoms with van der Waals surface area (Å²) in [7, 11) is 3.07. The van der Waals surface area contributed by atoms with Crippen molar-refractivity contribution in [3.05, 3.63) is 77.7 Å². The van der Waals surface area contributed by atoms with Crippen LogP contribution in [0.25, 0.3) is 11.2 Å². The van der Waals surface area contributed by atoms with Crippen LogP contribution in [0.3, 0.4) is 0 Å². The van der Waals surface area contributed by atoms with Crippen LogP contribution in [-0.2, 0) is 5.41 Å². The molecule has 0 aliphatic heterocycles. The minimum Gasteiger partial charge on any atom is -0.493 e. The molecule has 9 heteroatoms. The zero-order chi connectivity index (χ0) is 25.0. The standard InChI is InChI=1S/C26H27N5O4/c1-26(2,14-28-24(32)17-11-20-23(27-13-17)30-15-29-20)18-6-8-19(9-7-18)31-25(33)16-5-10-21(34-3)22(12-16)35-4/h5-13,15H,14H2,1-4H3,(H,28,32)(H,31,33)(H,27,29,30)/p+1. The number of ether oxygens (including phenoxy) is 2. The van der Waals surface area contributed by atoms with Crippen LogP contribution in [0.1, 0.15) is 40.1 Å². The van der Waals surface area contributed by atoms with E-state index in [4.69, 9.17) is 9.47 Å². The predicted molar refractivity (Wildman–Crippen MR) is 132 cm³/mol. The number of methoxy groups -OCH3 is 2. The molecule has 2 amide bonds. The fraction of sp³-hybridized carbons (Fsp3) is 0.231. The number of anilines is 1. The molecule has 0 saturated heterocycles. The summed E-state index contributed by atoms with van der Waals surface area (Å²) in [6, 6.07) is 14.3. The Morgan fingerprint density at radius 3 is 2.43 bits per heavy atom. The van der Waals surface area contributed by atoms with Crippen molar-refractivity contribution in [2.75, 3.05) is 26.1 Å². The molecule has 35 heavy (non-hydrogen) atoms. The Morgan fingerprint density at radius 1 is 0.971 bits per heavy atom. The Hall–Kier alpha value is -4.40. The van der Waals surface area contributed by atoms with E-state index in [1.165, 1.54) is 7.11 Å². The second kappa shape index (κ2) is 9.84. The van der Waals surface area contributed by atoms with E-state index in [9.17, 15) is 9.59 Å². The van der Waals surface area contributed by atoms with Gasteiger partial charge in [-0.15, -0.1) is 4.98 Å². The van der Waals surface area contributed by atoms with Gasteiger partial charge in [-0.3, -0.25) is 14.6 Å². The lowest BCUT2D eigenvalue weighted by molar-refractivity contribution is -0.347. The molecule has 0 atom stereocenters. The zero-order valence-electron chi connectivity index (χ0n) is 20.1. The Morgan fingerprint density at radius 2 is 1.71 bits per heavy atom. The largest absolute Gasteiger partial charge is 0.493 e. The lowest BCUT2D eigenvalue weighted by Gasteiger charge is -2.26. The summed E-state index contributed by atoms with van der Waals surface area (Å²) >= 11 is 0. The summed E-state index contributed by atoms with van der Waals surface area (Å²) in [4.78, 5) is 35.5. The summed E-state index contributed by atoms with van der Waals surface area (Å²) < 4.78 is 10.5. The van der Waals surface area contributed by atoms with Crippen molar-refractivity contribution in [3.63, 3.8) is 0 Å². The first kappa shape index (κ1) is 23.7. The van der Waals surface area contributed by atoms with Crippen molar-refractivity contribution in [2.24, 2.45) is 0 Å². The van der Waals surface area contributed by atoms with Gasteiger partial charge in [-0.1, -0.05) is 26.0 Å². The van der Waals surface area contributed by atoms with E-state index in [2.05, 4.69) is 25.6 Å². The number of fused-ring (bicyclic) bond motifs is 1. The molecule has 0 fully saturated rings. The van der Waals surface area contributed by atoms with Crippen molar-refractivity contribution in [1.82, 2.24) is 15.3 Å². The molecule has 0 aliphatic rings. The van der Waals surface area contributed by atoms with Crippen LogP contribution in [0, 0.1) is 0 Å². The van der Waals surface area contributed by atoms with Gasteiger partial charge in [-0.05, 0) is 42.0 Å². The van der Waals surface area contributed by atoms with Crippen molar-refractivity contribution < 1.29 is 24.0 Å². The highest BCUT2D eigenvalue weighted by atomic mass is 16.5. The van der Waals surface area contributed by atoms with Gasteiger partial charge in [0.2, 0.25) is 0 Å². The Labute approximate surface area is 202 Å². The fourth-order valence-electron chi connectivity index (χ4n) is 3.69. The number of amides is 2. The van der Waals surface area contributed by atoms with Crippen molar-refractivity contribution in [1.29, 1.82) is 0 Å². The average molecular weight is 475 g/mol. The fourth-order valence-corrected chi connectivity index (χ4v) is 3.69. The van der Waals surface area contributed by atoms with Crippen LogP contribution in [0.15, 0.2) is 61.1 Å². The average Bonchev–Trinajstić information content (AvgIpc) is 3.35. The van der Waals surface area contributed by atoms with Gasteiger partial charge in [-0.2, -0.15) is 0 Å². The molecule has 0 saturated carbocycles. The molecule has 180 valence electrons. The summed E-state index contributed by atoms with van der Waals surface area (Å²) in [5.41, 5.74) is 3.75. The first-order chi connectivity index (χ1) is 16.8.